The van der Waals surface area contributed by atoms with Crippen molar-refractivity contribution < 1.29 is 80.6 Å². The molecule has 1 saturated heterocycles. The molecule has 2 heterocycles. The maximum Gasteiger partial charge on any atom is 0.338 e. The highest BCUT2D eigenvalue weighted by Crippen LogP contribution is 2.40. The summed E-state index contributed by atoms with van der Waals surface area (Å²) in [6.45, 7) is 6.75. The van der Waals surface area contributed by atoms with Gasteiger partial charge in [0.05, 0.1) is 11.8 Å². The molecule has 18 nitrogen and oxygen atoms in total. The van der Waals surface area contributed by atoms with Crippen molar-refractivity contribution in [3.8, 4) is 23.0 Å². The van der Waals surface area contributed by atoms with Crippen molar-refractivity contribution in [3.63, 3.8) is 0 Å². The third kappa shape index (κ3) is 10.4. The lowest BCUT2D eigenvalue weighted by molar-refractivity contribution is -0.288. The van der Waals surface area contributed by atoms with E-state index in [0.717, 1.165) is 66.0 Å². The van der Waals surface area contributed by atoms with Crippen LogP contribution in [0.5, 0.6) is 23.0 Å². The molecule has 0 unspecified atom stereocenters. The van der Waals surface area contributed by atoms with Crippen LogP contribution in [0.15, 0.2) is 33.7 Å². The first-order valence-electron chi connectivity index (χ1n) is 14.3. The smallest absolute Gasteiger partial charge is 0.338 e. The molecular weight excluding hydrogens is 660 g/mol. The Bertz CT molecular complexity index is 1650. The van der Waals surface area contributed by atoms with Crippen LogP contribution in [-0.2, 0) is 52.5 Å². The van der Waals surface area contributed by atoms with E-state index in [1.807, 2.05) is 0 Å². The molecule has 1 aliphatic heterocycles. The number of hydrogen-bond donors (Lipinski definition) is 0. The predicted octanol–water partition coefficient (Wildman–Crippen LogP) is 1.48. The molecule has 0 amide bonds. The number of carbonyl (C=O) groups is 7. The molecule has 5 atom stereocenters. The second kappa shape index (κ2) is 16.4. The topological polar surface area (TPSA) is 233 Å². The molecule has 18 heteroatoms. The maximum atomic E-state index is 13.3. The molecule has 1 fully saturated rings. The van der Waals surface area contributed by atoms with Gasteiger partial charge in [-0.3, -0.25) is 33.6 Å². The van der Waals surface area contributed by atoms with E-state index < -0.39 is 102 Å². The van der Waals surface area contributed by atoms with Gasteiger partial charge in [0.2, 0.25) is 29.3 Å². The first-order chi connectivity index (χ1) is 23.0. The van der Waals surface area contributed by atoms with E-state index in [9.17, 15) is 38.4 Å². The van der Waals surface area contributed by atoms with E-state index in [2.05, 4.69) is 0 Å². The Labute approximate surface area is 277 Å². The minimum Gasteiger partial charge on any atom is -0.465 e. The van der Waals surface area contributed by atoms with E-state index >= 15 is 0 Å². The molecule has 0 aliphatic carbocycles. The summed E-state index contributed by atoms with van der Waals surface area (Å²) in [6, 6.07) is 2.96. The van der Waals surface area contributed by atoms with E-state index in [1.54, 1.807) is 0 Å². The molecule has 264 valence electrons. The Morgan fingerprint density at radius 2 is 1.18 bits per heavy atom. The van der Waals surface area contributed by atoms with Gasteiger partial charge < -0.3 is 47.0 Å². The third-order valence-electron chi connectivity index (χ3n) is 6.13. The van der Waals surface area contributed by atoms with Crippen molar-refractivity contribution in [1.29, 1.82) is 0 Å². The first kappa shape index (κ1) is 37.7. The lowest BCUT2D eigenvalue weighted by Crippen LogP contribution is -2.63. The average molecular weight is 693 g/mol. The number of hydrogen-bond acceptors (Lipinski definition) is 18. The van der Waals surface area contributed by atoms with Crippen molar-refractivity contribution in [2.24, 2.45) is 0 Å². The van der Waals surface area contributed by atoms with Gasteiger partial charge in [-0.25, -0.2) is 4.79 Å². The normalized spacial score (nSPS) is 19.8. The summed E-state index contributed by atoms with van der Waals surface area (Å²) in [6.07, 6.45) is -7.00. The second-order valence-corrected chi connectivity index (χ2v) is 10.2. The van der Waals surface area contributed by atoms with Crippen LogP contribution >= 0.6 is 0 Å². The van der Waals surface area contributed by atoms with Crippen LogP contribution in [0.2, 0.25) is 0 Å². The van der Waals surface area contributed by atoms with Gasteiger partial charge in [0.25, 0.3) is 0 Å². The van der Waals surface area contributed by atoms with Crippen LogP contribution < -0.4 is 24.4 Å². The highest BCUT2D eigenvalue weighted by atomic mass is 16.7. The molecule has 0 N–H and O–H groups in total. The molecule has 49 heavy (non-hydrogen) atoms. The second-order valence-electron chi connectivity index (χ2n) is 10.2. The van der Waals surface area contributed by atoms with Gasteiger partial charge in [-0.2, -0.15) is 0 Å². The maximum absolute atomic E-state index is 13.3. The van der Waals surface area contributed by atoms with Gasteiger partial charge >= 0.3 is 41.8 Å². The van der Waals surface area contributed by atoms with Crippen LogP contribution in [0.4, 0.5) is 0 Å². The summed E-state index contributed by atoms with van der Waals surface area (Å²) in [5.41, 5.74) is -1.05. The Balaban J connectivity index is 2.05. The quantitative estimate of drug-likeness (QED) is 0.184. The number of aryl methyl sites for hydroxylation is 1. The van der Waals surface area contributed by atoms with Crippen LogP contribution in [0.3, 0.4) is 0 Å². The molecule has 2 aromatic rings. The zero-order valence-corrected chi connectivity index (χ0v) is 27.3. The number of carbonyl (C=O) groups excluding carboxylic acids is 7. The van der Waals surface area contributed by atoms with Gasteiger partial charge in [-0.15, -0.1) is 0 Å². The zero-order chi connectivity index (χ0) is 36.6. The SMILES string of the molecule is CC(=O)Oc1cc(C(=O)OC[C@H]2O[C@@H](Oc3c(C)occc3=O)[C@H](OC(C)=O)[C@@H](OC(C)=O)[C@@H]2OC(C)=O)cc(OC(C)=O)c1OC(C)=O. The third-order valence-corrected chi connectivity index (χ3v) is 6.13. The first-order valence-corrected chi connectivity index (χ1v) is 14.3. The molecular formula is C31H32O18. The lowest BCUT2D eigenvalue weighted by Gasteiger charge is -2.43. The summed E-state index contributed by atoms with van der Waals surface area (Å²) in [4.78, 5) is 97.6. The lowest BCUT2D eigenvalue weighted by atomic mass is 9.98. The highest BCUT2D eigenvalue weighted by molar-refractivity contribution is 5.92. The van der Waals surface area contributed by atoms with Gasteiger partial charge in [-0.1, -0.05) is 0 Å². The van der Waals surface area contributed by atoms with Gasteiger partial charge in [0.15, 0.2) is 23.7 Å². The zero-order valence-electron chi connectivity index (χ0n) is 27.3. The number of rotatable bonds is 11. The summed E-state index contributed by atoms with van der Waals surface area (Å²) in [7, 11) is 0. The highest BCUT2D eigenvalue weighted by Gasteiger charge is 2.53. The fourth-order valence-corrected chi connectivity index (χ4v) is 4.48. The number of ether oxygens (including phenoxy) is 9. The minimum absolute atomic E-state index is 0.00355. The van der Waals surface area contributed by atoms with Gasteiger partial charge in [0.1, 0.15) is 18.5 Å². The van der Waals surface area contributed by atoms with Gasteiger partial charge in [-0.05, 0) is 19.1 Å². The van der Waals surface area contributed by atoms with Crippen molar-refractivity contribution >= 4 is 41.8 Å². The van der Waals surface area contributed by atoms with Crippen molar-refractivity contribution in [3.05, 3.63) is 46.0 Å². The van der Waals surface area contributed by atoms with Crippen LogP contribution in [0, 0.1) is 6.92 Å². The molecule has 1 aromatic carbocycles. The molecule has 0 bridgehead atoms. The largest absolute Gasteiger partial charge is 0.465 e. The fourth-order valence-electron chi connectivity index (χ4n) is 4.48. The molecule has 3 rings (SSSR count). The summed E-state index contributed by atoms with van der Waals surface area (Å²) < 4.78 is 53.5. The summed E-state index contributed by atoms with van der Waals surface area (Å²) in [5, 5.41) is 0. The van der Waals surface area contributed by atoms with Crippen molar-refractivity contribution in [2.75, 3.05) is 6.61 Å². The van der Waals surface area contributed by atoms with Crippen molar-refractivity contribution in [1.82, 2.24) is 0 Å². The van der Waals surface area contributed by atoms with Crippen LogP contribution in [0.25, 0.3) is 0 Å². The predicted molar refractivity (Wildman–Crippen MR) is 156 cm³/mol. The average Bonchev–Trinajstić information content (AvgIpc) is 2.96. The number of benzene rings is 1. The summed E-state index contributed by atoms with van der Waals surface area (Å²) in [5.74, 6) is -8.34. The van der Waals surface area contributed by atoms with E-state index in [-0.39, 0.29) is 17.1 Å². The molecule has 0 spiro atoms. The van der Waals surface area contributed by atoms with E-state index in [4.69, 9.17) is 47.0 Å². The summed E-state index contributed by atoms with van der Waals surface area (Å²) >= 11 is 0. The fraction of sp³-hybridized carbons (Fsp3) is 0.419. The van der Waals surface area contributed by atoms with Crippen LogP contribution in [-0.4, -0.2) is 79.1 Å². The van der Waals surface area contributed by atoms with Gasteiger partial charge in [0, 0.05) is 47.6 Å². The molecule has 0 radical (unpaired) electrons. The Hall–Kier alpha value is -5.78. The Morgan fingerprint density at radius 1 is 0.673 bits per heavy atom. The van der Waals surface area contributed by atoms with E-state index in [0.29, 0.717) is 0 Å². The Morgan fingerprint density at radius 3 is 1.67 bits per heavy atom. The van der Waals surface area contributed by atoms with E-state index in [1.165, 1.54) is 6.92 Å². The Kier molecular flexibility index (Phi) is 12.6. The molecule has 1 aromatic heterocycles. The number of esters is 7. The van der Waals surface area contributed by atoms with Crippen molar-refractivity contribution in [2.45, 2.75) is 79.2 Å². The monoisotopic (exact) mass is 692 g/mol. The molecule has 1 aliphatic rings. The minimum atomic E-state index is -1.73. The standard InChI is InChI=1S/C31H32O18/c1-13-25(21(38)8-9-40-13)49-31-29(47-19(7)37)28(46-18(6)36)27(45-17(5)35)24(48-31)12-41-30(39)20-10-22(42-14(2)32)26(44-16(4)34)23(11-20)43-15(3)33/h8-11,24,27-29,31H,12H2,1-7H3/t24-,27-,28+,29-,31+/m1/s1. The molecule has 0 saturated carbocycles. The van der Waals surface area contributed by atoms with Crippen LogP contribution in [0.1, 0.15) is 57.7 Å².